The molecule has 0 amide bonds. The Kier molecular flexibility index (Phi) is 3.47. The van der Waals surface area contributed by atoms with Gasteiger partial charge < -0.3 is 15.6 Å². The van der Waals surface area contributed by atoms with Gasteiger partial charge in [0.1, 0.15) is 17.5 Å². The number of aliphatic hydroxyl groups excluding tert-OH is 1. The van der Waals surface area contributed by atoms with E-state index in [0.717, 1.165) is 0 Å². The van der Waals surface area contributed by atoms with Gasteiger partial charge in [-0.05, 0) is 6.07 Å². The summed E-state index contributed by atoms with van der Waals surface area (Å²) in [7, 11) is 0. The van der Waals surface area contributed by atoms with Gasteiger partial charge in [-0.25, -0.2) is 4.79 Å². The first-order valence-corrected chi connectivity index (χ1v) is 5.98. The van der Waals surface area contributed by atoms with E-state index in [4.69, 9.17) is 15.6 Å². The van der Waals surface area contributed by atoms with Crippen LogP contribution in [0.4, 0.5) is 5.82 Å². The van der Waals surface area contributed by atoms with Gasteiger partial charge in [0.25, 0.3) is 0 Å². The monoisotopic (exact) mass is 243 g/mol. The molecule has 0 aromatic carbocycles. The number of nitrogen functional groups attached to an aromatic ring is 1. The van der Waals surface area contributed by atoms with Crippen molar-refractivity contribution in [1.29, 1.82) is 0 Å². The van der Waals surface area contributed by atoms with E-state index < -0.39 is 5.69 Å². The largest absolute Gasteiger partial charge is 0.396 e. The van der Waals surface area contributed by atoms with Crippen LogP contribution in [0.2, 0.25) is 0 Å². The van der Waals surface area contributed by atoms with Crippen molar-refractivity contribution in [3.05, 3.63) is 22.7 Å². The quantitative estimate of drug-likeness (QED) is 0.763. The number of aromatic nitrogens is 2. The smallest absolute Gasteiger partial charge is 0.351 e. The number of anilines is 1. The lowest BCUT2D eigenvalue weighted by Gasteiger charge is -2.13. The molecule has 0 bridgehead atoms. The van der Waals surface area contributed by atoms with Crippen molar-refractivity contribution >= 4 is 17.6 Å². The zero-order valence-corrected chi connectivity index (χ0v) is 9.39. The number of thioether (sulfide) groups is 1. The van der Waals surface area contributed by atoms with Crippen molar-refractivity contribution in [2.75, 3.05) is 18.1 Å². The van der Waals surface area contributed by atoms with Gasteiger partial charge in [0.2, 0.25) is 0 Å². The van der Waals surface area contributed by atoms with Gasteiger partial charge in [0.05, 0.1) is 0 Å². The molecule has 3 N–H and O–H groups in total. The Morgan fingerprint density at radius 1 is 1.75 bits per heavy atom. The summed E-state index contributed by atoms with van der Waals surface area (Å²) in [5.41, 5.74) is 4.93. The molecule has 0 saturated carbocycles. The molecule has 6 nitrogen and oxygen atoms in total. The van der Waals surface area contributed by atoms with Crippen LogP contribution < -0.4 is 11.4 Å². The Balaban J connectivity index is 2.11. The average molecular weight is 243 g/mol. The third kappa shape index (κ3) is 2.37. The first-order valence-electron chi connectivity index (χ1n) is 4.93. The molecule has 2 heterocycles. The van der Waals surface area contributed by atoms with E-state index in [1.165, 1.54) is 4.57 Å². The highest BCUT2D eigenvalue weighted by Gasteiger charge is 2.27. The minimum Gasteiger partial charge on any atom is -0.396 e. The summed E-state index contributed by atoms with van der Waals surface area (Å²) in [4.78, 5) is 15.2. The van der Waals surface area contributed by atoms with E-state index in [1.807, 2.05) is 0 Å². The van der Waals surface area contributed by atoms with Crippen LogP contribution in [0.5, 0.6) is 0 Å². The number of ether oxygens (including phenoxy) is 1. The highest BCUT2D eigenvalue weighted by Crippen LogP contribution is 2.32. The molecule has 1 fully saturated rings. The lowest BCUT2D eigenvalue weighted by Crippen LogP contribution is -2.28. The second kappa shape index (κ2) is 4.86. The van der Waals surface area contributed by atoms with Crippen LogP contribution in [-0.4, -0.2) is 32.5 Å². The van der Waals surface area contributed by atoms with Crippen LogP contribution in [0.3, 0.4) is 0 Å². The van der Waals surface area contributed by atoms with Crippen molar-refractivity contribution in [3.63, 3.8) is 0 Å². The molecule has 1 aliphatic heterocycles. The Hall–Kier alpha value is -1.05. The molecule has 16 heavy (non-hydrogen) atoms. The fourth-order valence-corrected chi connectivity index (χ4v) is 2.59. The van der Waals surface area contributed by atoms with Crippen molar-refractivity contribution in [2.45, 2.75) is 18.1 Å². The molecule has 1 aromatic heterocycles. The SMILES string of the molecule is Nc1ccn([C@@H]2CS[C@H](CCO)O2)c(=O)n1. The maximum atomic E-state index is 11.5. The predicted molar refractivity (Wildman–Crippen MR) is 61.0 cm³/mol. The highest BCUT2D eigenvalue weighted by molar-refractivity contribution is 7.99. The lowest BCUT2D eigenvalue weighted by molar-refractivity contribution is 0.00703. The second-order valence-corrected chi connectivity index (χ2v) is 4.60. The molecule has 1 aliphatic rings. The Labute approximate surface area is 96.4 Å². The van der Waals surface area contributed by atoms with Gasteiger partial charge in [-0.15, -0.1) is 11.8 Å². The van der Waals surface area contributed by atoms with Crippen LogP contribution in [0.25, 0.3) is 0 Å². The van der Waals surface area contributed by atoms with E-state index in [1.54, 1.807) is 24.0 Å². The molecule has 0 unspecified atom stereocenters. The standard InChI is InChI=1S/C9H13N3O3S/c10-6-1-3-12(9(14)11-6)7-5-16-8(15-7)2-4-13/h1,3,7-8,13H,2,4-5H2,(H2,10,11,14)/t7-,8+/m0/s1. The molecule has 7 heteroatoms. The first kappa shape index (κ1) is 11.4. The maximum absolute atomic E-state index is 11.5. The van der Waals surface area contributed by atoms with E-state index in [2.05, 4.69) is 4.98 Å². The van der Waals surface area contributed by atoms with E-state index in [0.29, 0.717) is 12.2 Å². The summed E-state index contributed by atoms with van der Waals surface area (Å²) in [6.07, 6.45) is 1.83. The summed E-state index contributed by atoms with van der Waals surface area (Å²) in [6.45, 7) is 0.0826. The van der Waals surface area contributed by atoms with Crippen molar-refractivity contribution in [1.82, 2.24) is 9.55 Å². The fraction of sp³-hybridized carbons (Fsp3) is 0.556. The molecule has 88 valence electrons. The fourth-order valence-electron chi connectivity index (χ4n) is 1.49. The number of rotatable bonds is 3. The Bertz CT molecular complexity index is 423. The molecule has 2 rings (SSSR count). The Morgan fingerprint density at radius 2 is 2.56 bits per heavy atom. The Morgan fingerprint density at radius 3 is 3.25 bits per heavy atom. The molecule has 1 aromatic rings. The summed E-state index contributed by atoms with van der Waals surface area (Å²) < 4.78 is 7.01. The van der Waals surface area contributed by atoms with Crippen molar-refractivity contribution < 1.29 is 9.84 Å². The summed E-state index contributed by atoms with van der Waals surface area (Å²) in [6, 6.07) is 1.56. The van der Waals surface area contributed by atoms with Crippen LogP contribution >= 0.6 is 11.8 Å². The number of nitrogens with zero attached hydrogens (tertiary/aromatic N) is 2. The van der Waals surface area contributed by atoms with Gasteiger partial charge in [0.15, 0.2) is 0 Å². The molecule has 0 aliphatic carbocycles. The molecule has 1 saturated heterocycles. The summed E-state index contributed by atoms with van der Waals surface area (Å²) in [5.74, 6) is 0.884. The van der Waals surface area contributed by atoms with Crippen LogP contribution in [-0.2, 0) is 4.74 Å². The number of nitrogens with two attached hydrogens (primary N) is 1. The third-order valence-corrected chi connectivity index (χ3v) is 3.46. The molecule has 2 atom stereocenters. The first-order chi connectivity index (χ1) is 7.70. The predicted octanol–water partition coefficient (Wildman–Crippen LogP) is -0.204. The molecule has 0 radical (unpaired) electrons. The lowest BCUT2D eigenvalue weighted by atomic mass is 10.5. The van der Waals surface area contributed by atoms with E-state index >= 15 is 0 Å². The van der Waals surface area contributed by atoms with Gasteiger partial charge in [-0.3, -0.25) is 4.57 Å². The molecule has 0 spiro atoms. The zero-order valence-electron chi connectivity index (χ0n) is 8.57. The van der Waals surface area contributed by atoms with Crippen molar-refractivity contribution in [2.24, 2.45) is 0 Å². The molecular weight excluding hydrogens is 230 g/mol. The number of hydrogen-bond acceptors (Lipinski definition) is 6. The third-order valence-electron chi connectivity index (χ3n) is 2.26. The highest BCUT2D eigenvalue weighted by atomic mass is 32.2. The van der Waals surface area contributed by atoms with Crippen LogP contribution in [0.15, 0.2) is 17.1 Å². The summed E-state index contributed by atoms with van der Waals surface area (Å²) >= 11 is 1.58. The van der Waals surface area contributed by atoms with Crippen molar-refractivity contribution in [3.8, 4) is 0 Å². The zero-order chi connectivity index (χ0) is 11.5. The topological polar surface area (TPSA) is 90.4 Å². The van der Waals surface area contributed by atoms with Crippen LogP contribution in [0.1, 0.15) is 12.6 Å². The molecular formula is C9H13N3O3S. The van der Waals surface area contributed by atoms with Gasteiger partial charge >= 0.3 is 5.69 Å². The number of aliphatic hydroxyl groups is 1. The second-order valence-electron chi connectivity index (χ2n) is 3.41. The normalized spacial score (nSPS) is 24.8. The maximum Gasteiger partial charge on any atom is 0.351 e. The van der Waals surface area contributed by atoms with E-state index in [-0.39, 0.29) is 24.1 Å². The van der Waals surface area contributed by atoms with Gasteiger partial charge in [-0.2, -0.15) is 4.98 Å². The van der Waals surface area contributed by atoms with Gasteiger partial charge in [-0.1, -0.05) is 0 Å². The van der Waals surface area contributed by atoms with Gasteiger partial charge in [0, 0.05) is 25.0 Å². The summed E-state index contributed by atoms with van der Waals surface area (Å²) in [5, 5.41) is 8.78. The average Bonchev–Trinajstić information content (AvgIpc) is 2.67. The minimum absolute atomic E-state index is 0.0561. The number of hydrogen-bond donors (Lipinski definition) is 2. The van der Waals surface area contributed by atoms with E-state index in [9.17, 15) is 4.79 Å². The minimum atomic E-state index is -0.407. The van der Waals surface area contributed by atoms with Crippen LogP contribution in [0, 0.1) is 0 Å².